The Morgan fingerprint density at radius 1 is 1.50 bits per heavy atom. The van der Waals surface area contributed by atoms with E-state index in [1.807, 2.05) is 18.7 Å². The zero-order valence-corrected chi connectivity index (χ0v) is 11.8. The molecule has 0 radical (unpaired) electrons. The van der Waals surface area contributed by atoms with Gasteiger partial charge in [-0.1, -0.05) is 24.9 Å². The van der Waals surface area contributed by atoms with Crippen LogP contribution in [0.2, 0.25) is 0 Å². The van der Waals surface area contributed by atoms with E-state index in [0.29, 0.717) is 12.3 Å². The predicted octanol–water partition coefficient (Wildman–Crippen LogP) is 3.33. The van der Waals surface area contributed by atoms with Crippen molar-refractivity contribution >= 4 is 17.5 Å². The van der Waals surface area contributed by atoms with Gasteiger partial charge in [0.25, 0.3) is 0 Å². The Morgan fingerprint density at radius 2 is 2.22 bits per heavy atom. The standard InChI is InChI=1S/C13H20N2O2S/c1-3-11(9(2)16)13-14-12(15-17-13)8-18-10-6-4-5-7-10/h10-11H,3-8H2,1-2H3. The molecule has 4 nitrogen and oxygen atoms in total. The SMILES string of the molecule is CCC(C(C)=O)c1nc(CSC2CCCC2)no1. The summed E-state index contributed by atoms with van der Waals surface area (Å²) in [6.07, 6.45) is 6.02. The minimum absolute atomic E-state index is 0.0937. The lowest BCUT2D eigenvalue weighted by molar-refractivity contribution is -0.119. The fourth-order valence-electron chi connectivity index (χ4n) is 2.35. The van der Waals surface area contributed by atoms with Crippen LogP contribution < -0.4 is 0 Å². The Morgan fingerprint density at radius 3 is 2.83 bits per heavy atom. The largest absolute Gasteiger partial charge is 0.339 e. The van der Waals surface area contributed by atoms with Crippen molar-refractivity contribution in [2.45, 2.75) is 62.9 Å². The van der Waals surface area contributed by atoms with E-state index in [4.69, 9.17) is 4.52 Å². The van der Waals surface area contributed by atoms with E-state index in [9.17, 15) is 4.79 Å². The molecule has 1 aromatic heterocycles. The minimum atomic E-state index is -0.234. The van der Waals surface area contributed by atoms with Crippen LogP contribution in [0.5, 0.6) is 0 Å². The highest BCUT2D eigenvalue weighted by atomic mass is 32.2. The fraction of sp³-hybridized carbons (Fsp3) is 0.769. The summed E-state index contributed by atoms with van der Waals surface area (Å²) >= 11 is 1.91. The van der Waals surface area contributed by atoms with Crippen molar-refractivity contribution in [3.8, 4) is 0 Å². The summed E-state index contributed by atoms with van der Waals surface area (Å²) in [6, 6.07) is 0. The fourth-order valence-corrected chi connectivity index (χ4v) is 3.52. The first kappa shape index (κ1) is 13.6. The Labute approximate surface area is 112 Å². The molecule has 1 unspecified atom stereocenters. The molecular weight excluding hydrogens is 248 g/mol. The van der Waals surface area contributed by atoms with Crippen LogP contribution in [0.25, 0.3) is 0 Å². The number of ketones is 1. The third kappa shape index (κ3) is 3.34. The normalized spacial score (nSPS) is 18.1. The summed E-state index contributed by atoms with van der Waals surface area (Å²) in [6.45, 7) is 3.54. The molecule has 0 spiro atoms. The van der Waals surface area contributed by atoms with E-state index in [1.165, 1.54) is 25.7 Å². The van der Waals surface area contributed by atoms with Crippen LogP contribution in [0, 0.1) is 0 Å². The number of Topliss-reactive ketones (excluding diaryl/α,β-unsaturated/α-hetero) is 1. The van der Waals surface area contributed by atoms with Crippen LogP contribution in [0.15, 0.2) is 4.52 Å². The van der Waals surface area contributed by atoms with Gasteiger partial charge in [-0.3, -0.25) is 4.79 Å². The predicted molar refractivity (Wildman–Crippen MR) is 71.6 cm³/mol. The van der Waals surface area contributed by atoms with Crippen molar-refractivity contribution in [2.24, 2.45) is 0 Å². The van der Waals surface area contributed by atoms with Crippen LogP contribution in [0.3, 0.4) is 0 Å². The molecule has 0 bridgehead atoms. The van der Waals surface area contributed by atoms with E-state index >= 15 is 0 Å². The maximum absolute atomic E-state index is 11.4. The van der Waals surface area contributed by atoms with Crippen LogP contribution in [0.1, 0.15) is 63.6 Å². The molecule has 0 amide bonds. The summed E-state index contributed by atoms with van der Waals surface area (Å²) in [5.74, 6) is 1.86. The molecule has 1 atom stereocenters. The molecular formula is C13H20N2O2S. The van der Waals surface area contributed by atoms with Crippen LogP contribution in [-0.2, 0) is 10.5 Å². The highest BCUT2D eigenvalue weighted by Crippen LogP contribution is 2.31. The zero-order valence-electron chi connectivity index (χ0n) is 11.0. The summed E-state index contributed by atoms with van der Waals surface area (Å²) in [7, 11) is 0. The first-order valence-corrected chi connectivity index (χ1v) is 7.70. The second-order valence-electron chi connectivity index (χ2n) is 4.84. The lowest BCUT2D eigenvalue weighted by Gasteiger charge is -2.05. The summed E-state index contributed by atoms with van der Waals surface area (Å²) in [5, 5.41) is 4.72. The Hall–Kier alpha value is -0.840. The molecule has 18 heavy (non-hydrogen) atoms. The van der Waals surface area contributed by atoms with Gasteiger partial charge in [-0.15, -0.1) is 0 Å². The number of rotatable bonds is 6. The Balaban J connectivity index is 1.90. The minimum Gasteiger partial charge on any atom is -0.339 e. The van der Waals surface area contributed by atoms with Crippen molar-refractivity contribution < 1.29 is 9.32 Å². The third-order valence-corrected chi connectivity index (χ3v) is 4.80. The monoisotopic (exact) mass is 268 g/mol. The van der Waals surface area contributed by atoms with Crippen LogP contribution in [0.4, 0.5) is 0 Å². The zero-order chi connectivity index (χ0) is 13.0. The molecule has 1 saturated carbocycles. The Bertz CT molecular complexity index is 399. The number of hydrogen-bond acceptors (Lipinski definition) is 5. The van der Waals surface area contributed by atoms with Gasteiger partial charge in [-0.2, -0.15) is 16.7 Å². The quantitative estimate of drug-likeness (QED) is 0.792. The molecule has 5 heteroatoms. The first-order chi connectivity index (χ1) is 8.70. The number of aromatic nitrogens is 2. The maximum Gasteiger partial charge on any atom is 0.237 e. The van der Waals surface area contributed by atoms with Gasteiger partial charge in [-0.05, 0) is 26.2 Å². The summed E-state index contributed by atoms with van der Waals surface area (Å²) in [4.78, 5) is 15.8. The van der Waals surface area contributed by atoms with Crippen molar-refractivity contribution in [2.75, 3.05) is 0 Å². The summed E-state index contributed by atoms with van der Waals surface area (Å²) in [5.41, 5.74) is 0. The van der Waals surface area contributed by atoms with Crippen molar-refractivity contribution in [3.63, 3.8) is 0 Å². The van der Waals surface area contributed by atoms with E-state index in [-0.39, 0.29) is 11.7 Å². The first-order valence-electron chi connectivity index (χ1n) is 6.65. The Kier molecular flexibility index (Phi) is 4.80. The maximum atomic E-state index is 11.4. The number of thioether (sulfide) groups is 1. The van der Waals surface area contributed by atoms with Crippen molar-refractivity contribution in [1.29, 1.82) is 0 Å². The molecule has 0 saturated heterocycles. The molecule has 1 aliphatic carbocycles. The van der Waals surface area contributed by atoms with Gasteiger partial charge < -0.3 is 4.52 Å². The number of nitrogens with zero attached hydrogens (tertiary/aromatic N) is 2. The van der Waals surface area contributed by atoms with E-state index in [0.717, 1.165) is 16.8 Å². The van der Waals surface area contributed by atoms with Gasteiger partial charge in [-0.25, -0.2) is 0 Å². The molecule has 1 fully saturated rings. The van der Waals surface area contributed by atoms with E-state index in [2.05, 4.69) is 10.1 Å². The van der Waals surface area contributed by atoms with Crippen molar-refractivity contribution in [3.05, 3.63) is 11.7 Å². The topological polar surface area (TPSA) is 56.0 Å². The highest BCUT2D eigenvalue weighted by molar-refractivity contribution is 7.99. The molecule has 1 aromatic rings. The average Bonchev–Trinajstić information content (AvgIpc) is 2.97. The molecule has 1 heterocycles. The van der Waals surface area contributed by atoms with Gasteiger partial charge in [0, 0.05) is 5.25 Å². The number of carbonyl (C=O) groups excluding carboxylic acids is 1. The molecule has 0 aliphatic heterocycles. The second-order valence-corrected chi connectivity index (χ2v) is 6.13. The summed E-state index contributed by atoms with van der Waals surface area (Å²) < 4.78 is 5.20. The third-order valence-electron chi connectivity index (χ3n) is 3.43. The molecule has 0 aromatic carbocycles. The average molecular weight is 268 g/mol. The van der Waals surface area contributed by atoms with E-state index < -0.39 is 0 Å². The molecule has 100 valence electrons. The molecule has 2 rings (SSSR count). The highest BCUT2D eigenvalue weighted by Gasteiger charge is 2.22. The van der Waals surface area contributed by atoms with Crippen molar-refractivity contribution in [1.82, 2.24) is 10.1 Å². The molecule has 0 N–H and O–H groups in total. The lowest BCUT2D eigenvalue weighted by Crippen LogP contribution is -2.08. The lowest BCUT2D eigenvalue weighted by atomic mass is 10.0. The second kappa shape index (κ2) is 6.36. The number of carbonyl (C=O) groups is 1. The van der Waals surface area contributed by atoms with Gasteiger partial charge in [0.1, 0.15) is 5.78 Å². The van der Waals surface area contributed by atoms with Crippen LogP contribution in [-0.4, -0.2) is 21.2 Å². The van der Waals surface area contributed by atoms with Gasteiger partial charge in [0.15, 0.2) is 5.82 Å². The number of hydrogen-bond donors (Lipinski definition) is 0. The van der Waals surface area contributed by atoms with Crippen LogP contribution >= 0.6 is 11.8 Å². The van der Waals surface area contributed by atoms with Gasteiger partial charge >= 0.3 is 0 Å². The van der Waals surface area contributed by atoms with Gasteiger partial charge in [0.2, 0.25) is 5.89 Å². The smallest absolute Gasteiger partial charge is 0.237 e. The van der Waals surface area contributed by atoms with E-state index in [1.54, 1.807) is 6.92 Å². The molecule has 1 aliphatic rings. The van der Waals surface area contributed by atoms with Gasteiger partial charge in [0.05, 0.1) is 11.7 Å².